The number of benzene rings is 2. The summed E-state index contributed by atoms with van der Waals surface area (Å²) < 4.78 is 69.4. The van der Waals surface area contributed by atoms with Crippen molar-refractivity contribution in [3.05, 3.63) is 65.7 Å². The van der Waals surface area contributed by atoms with Gasteiger partial charge >= 0.3 is 6.18 Å². The highest BCUT2D eigenvalue weighted by Gasteiger charge is 2.30. The van der Waals surface area contributed by atoms with Crippen LogP contribution in [-0.4, -0.2) is 32.8 Å². The summed E-state index contributed by atoms with van der Waals surface area (Å²) in [5, 5.41) is 3.05. The van der Waals surface area contributed by atoms with Gasteiger partial charge in [0.15, 0.2) is 0 Å². The average molecular weight is 405 g/mol. The van der Waals surface area contributed by atoms with Crippen LogP contribution in [0.1, 0.15) is 23.7 Å². The third-order valence-electron chi connectivity index (χ3n) is 3.29. The molecule has 0 saturated carbocycles. The Morgan fingerprint density at radius 2 is 1.59 bits per heavy atom. The van der Waals surface area contributed by atoms with E-state index >= 15 is 0 Å². The number of hydrogen-bond donors (Lipinski definition) is 2. The van der Waals surface area contributed by atoms with Crippen molar-refractivity contribution >= 4 is 10.1 Å². The Labute approximate surface area is 156 Å². The van der Waals surface area contributed by atoms with Gasteiger partial charge in [0.05, 0.1) is 11.8 Å². The van der Waals surface area contributed by atoms with Gasteiger partial charge in [0.1, 0.15) is 11.9 Å². The first-order chi connectivity index (χ1) is 12.5. The summed E-state index contributed by atoms with van der Waals surface area (Å²) in [6, 6.07) is 14.4. The lowest BCUT2D eigenvalue weighted by Crippen LogP contribution is -2.16. The molecule has 0 radical (unpaired) electrons. The molecule has 9 heteroatoms. The second kappa shape index (κ2) is 10.3. The molecule has 2 aromatic rings. The van der Waals surface area contributed by atoms with Crippen LogP contribution >= 0.6 is 0 Å². The minimum Gasteiger partial charge on any atom is -0.486 e. The maximum Gasteiger partial charge on any atom is 0.416 e. The van der Waals surface area contributed by atoms with Crippen molar-refractivity contribution in [2.75, 3.05) is 19.8 Å². The molecule has 2 N–H and O–H groups in total. The van der Waals surface area contributed by atoms with E-state index in [4.69, 9.17) is 9.29 Å². The quantitative estimate of drug-likeness (QED) is 0.712. The Hall–Kier alpha value is -2.10. The van der Waals surface area contributed by atoms with Crippen LogP contribution in [0.15, 0.2) is 54.6 Å². The molecule has 0 spiro atoms. The van der Waals surface area contributed by atoms with E-state index in [-0.39, 0.29) is 6.10 Å². The van der Waals surface area contributed by atoms with Gasteiger partial charge in [-0.15, -0.1) is 0 Å². The smallest absolute Gasteiger partial charge is 0.416 e. The Morgan fingerprint density at radius 1 is 1.07 bits per heavy atom. The fourth-order valence-corrected chi connectivity index (χ4v) is 2.12. The molecule has 0 aliphatic rings. The van der Waals surface area contributed by atoms with Gasteiger partial charge in [-0.2, -0.15) is 21.6 Å². The Bertz CT molecular complexity index is 771. The largest absolute Gasteiger partial charge is 0.486 e. The number of ether oxygens (including phenoxy) is 1. The van der Waals surface area contributed by atoms with Crippen molar-refractivity contribution in [2.24, 2.45) is 0 Å². The van der Waals surface area contributed by atoms with E-state index in [1.165, 1.54) is 12.1 Å². The molecule has 150 valence electrons. The van der Waals surface area contributed by atoms with Crippen LogP contribution in [0, 0.1) is 0 Å². The van der Waals surface area contributed by atoms with E-state index in [0.29, 0.717) is 12.0 Å². The van der Waals surface area contributed by atoms with E-state index in [1.807, 2.05) is 37.4 Å². The zero-order chi connectivity index (χ0) is 20.5. The predicted molar refractivity (Wildman–Crippen MR) is 97.3 cm³/mol. The second-order valence-electron chi connectivity index (χ2n) is 5.66. The predicted octanol–water partition coefficient (Wildman–Crippen LogP) is 3.94. The van der Waals surface area contributed by atoms with E-state index in [9.17, 15) is 21.6 Å². The molecule has 0 saturated heterocycles. The van der Waals surface area contributed by atoms with Crippen molar-refractivity contribution in [1.82, 2.24) is 5.32 Å². The van der Waals surface area contributed by atoms with Gasteiger partial charge in [0, 0.05) is 6.42 Å². The summed E-state index contributed by atoms with van der Waals surface area (Å²) in [7, 11) is -1.82. The molecular formula is C18H22F3NO4S. The Balaban J connectivity index is 0.000000646. The number of rotatable bonds is 6. The number of nitrogens with one attached hydrogen (secondary N) is 1. The summed E-state index contributed by atoms with van der Waals surface area (Å²) in [6.07, 6.45) is -3.09. The summed E-state index contributed by atoms with van der Waals surface area (Å²) in [6.45, 7) is 0.750. The fourth-order valence-electron chi connectivity index (χ4n) is 2.12. The molecule has 1 atom stereocenters. The molecule has 5 nitrogen and oxygen atoms in total. The highest BCUT2D eigenvalue weighted by Crippen LogP contribution is 2.31. The van der Waals surface area contributed by atoms with Gasteiger partial charge < -0.3 is 10.1 Å². The normalized spacial score (nSPS) is 12.7. The van der Waals surface area contributed by atoms with Crippen LogP contribution < -0.4 is 10.1 Å². The third-order valence-corrected chi connectivity index (χ3v) is 3.29. The first kappa shape index (κ1) is 22.9. The third kappa shape index (κ3) is 9.97. The number of hydrogen-bond acceptors (Lipinski definition) is 4. The average Bonchev–Trinajstić information content (AvgIpc) is 2.57. The van der Waals surface area contributed by atoms with Crippen LogP contribution in [0.4, 0.5) is 13.2 Å². The molecule has 27 heavy (non-hydrogen) atoms. The highest BCUT2D eigenvalue weighted by atomic mass is 32.2. The zero-order valence-corrected chi connectivity index (χ0v) is 15.7. The standard InChI is InChI=1S/C17H18F3NO.CH4O3S/c1-21-12-11-16(13-5-3-2-4-6-13)22-15-9-7-14(8-10-15)17(18,19)20;1-5(2,3)4/h2-10,16,21H,11-12H2,1H3;1H3,(H,2,3,4). The minimum atomic E-state index is -4.33. The molecule has 0 heterocycles. The molecular weight excluding hydrogens is 383 g/mol. The Kier molecular flexibility index (Phi) is 8.74. The minimum absolute atomic E-state index is 0.203. The van der Waals surface area contributed by atoms with Crippen LogP contribution in [0.25, 0.3) is 0 Å². The van der Waals surface area contributed by atoms with Crippen LogP contribution in [-0.2, 0) is 16.3 Å². The first-order valence-electron chi connectivity index (χ1n) is 7.96. The first-order valence-corrected chi connectivity index (χ1v) is 9.81. The Morgan fingerprint density at radius 3 is 2.04 bits per heavy atom. The maximum absolute atomic E-state index is 12.6. The molecule has 2 rings (SSSR count). The summed E-state index contributed by atoms with van der Waals surface area (Å²) in [5.41, 5.74) is 0.323. The lowest BCUT2D eigenvalue weighted by atomic mass is 10.1. The molecule has 0 aromatic heterocycles. The van der Waals surface area contributed by atoms with E-state index < -0.39 is 21.9 Å². The summed E-state index contributed by atoms with van der Waals surface area (Å²) in [5.74, 6) is 0.429. The second-order valence-corrected chi connectivity index (χ2v) is 7.13. The zero-order valence-electron chi connectivity index (χ0n) is 14.9. The molecule has 0 amide bonds. The van der Waals surface area contributed by atoms with E-state index in [0.717, 1.165) is 30.7 Å². The van der Waals surface area contributed by atoms with Crippen LogP contribution in [0.5, 0.6) is 5.75 Å². The molecule has 2 aromatic carbocycles. The molecule has 1 unspecified atom stereocenters. The lowest BCUT2D eigenvalue weighted by Gasteiger charge is -2.20. The molecule has 0 aliphatic heterocycles. The molecule has 0 bridgehead atoms. The fraction of sp³-hybridized carbons (Fsp3) is 0.333. The topological polar surface area (TPSA) is 75.6 Å². The van der Waals surface area contributed by atoms with Crippen LogP contribution in [0.2, 0.25) is 0 Å². The van der Waals surface area contributed by atoms with E-state index in [1.54, 1.807) is 0 Å². The van der Waals surface area contributed by atoms with Gasteiger partial charge in [-0.1, -0.05) is 30.3 Å². The summed E-state index contributed by atoms with van der Waals surface area (Å²) >= 11 is 0. The highest BCUT2D eigenvalue weighted by molar-refractivity contribution is 7.85. The molecule has 0 fully saturated rings. The van der Waals surface area contributed by atoms with Crippen molar-refractivity contribution in [2.45, 2.75) is 18.7 Å². The monoisotopic (exact) mass is 405 g/mol. The number of alkyl halides is 3. The van der Waals surface area contributed by atoms with Gasteiger partial charge in [-0.3, -0.25) is 4.55 Å². The molecule has 0 aliphatic carbocycles. The van der Waals surface area contributed by atoms with Gasteiger partial charge in [0.2, 0.25) is 0 Å². The van der Waals surface area contributed by atoms with Crippen molar-refractivity contribution in [3.8, 4) is 5.75 Å². The van der Waals surface area contributed by atoms with Gasteiger partial charge in [0.25, 0.3) is 10.1 Å². The van der Waals surface area contributed by atoms with Crippen molar-refractivity contribution in [1.29, 1.82) is 0 Å². The lowest BCUT2D eigenvalue weighted by molar-refractivity contribution is -0.137. The maximum atomic E-state index is 12.6. The van der Waals surface area contributed by atoms with E-state index in [2.05, 4.69) is 5.32 Å². The summed E-state index contributed by atoms with van der Waals surface area (Å²) in [4.78, 5) is 0. The van der Waals surface area contributed by atoms with Gasteiger partial charge in [-0.05, 0) is 43.4 Å². The van der Waals surface area contributed by atoms with Crippen molar-refractivity contribution in [3.63, 3.8) is 0 Å². The van der Waals surface area contributed by atoms with Gasteiger partial charge in [-0.25, -0.2) is 0 Å². The SMILES string of the molecule is CNCCC(Oc1ccc(C(F)(F)F)cc1)c1ccccc1.CS(=O)(=O)O. The number of halogens is 3. The van der Waals surface area contributed by atoms with Crippen molar-refractivity contribution < 1.29 is 30.9 Å². The van der Waals surface area contributed by atoms with Crippen LogP contribution in [0.3, 0.4) is 0 Å².